The van der Waals surface area contributed by atoms with E-state index in [-0.39, 0.29) is 0 Å². The van der Waals surface area contributed by atoms with Gasteiger partial charge in [-0.1, -0.05) is 65.7 Å². The average molecular weight is 477 g/mol. The van der Waals surface area contributed by atoms with Crippen LogP contribution in [-0.2, 0) is 18.2 Å². The Labute approximate surface area is 174 Å². The number of halogens is 1. The van der Waals surface area contributed by atoms with Crippen LogP contribution in [0.25, 0.3) is 0 Å². The third-order valence-corrected chi connectivity index (χ3v) is 10.3. The summed E-state index contributed by atoms with van der Waals surface area (Å²) in [6.07, 6.45) is 27.3. The van der Waals surface area contributed by atoms with E-state index in [1.807, 2.05) is 13.3 Å². The van der Waals surface area contributed by atoms with E-state index in [2.05, 4.69) is 34.3 Å². The topological polar surface area (TPSA) is 0 Å². The van der Waals surface area contributed by atoms with E-state index in [0.717, 1.165) is 0 Å². The summed E-state index contributed by atoms with van der Waals surface area (Å²) in [5.41, 5.74) is 3.57. The Morgan fingerprint density at radius 2 is 0.960 bits per heavy atom. The van der Waals surface area contributed by atoms with Gasteiger partial charge in [-0.15, -0.1) is 6.92 Å². The molecule has 0 radical (unpaired) electrons. The molecule has 0 spiro atoms. The van der Waals surface area contributed by atoms with Gasteiger partial charge in [-0.2, -0.15) is 0 Å². The maximum absolute atomic E-state index is 4.49. The van der Waals surface area contributed by atoms with Gasteiger partial charge >= 0.3 is 27.7 Å². The minimum absolute atomic E-state index is 0.385. The first-order valence-electron chi connectivity index (χ1n) is 10.7. The van der Waals surface area contributed by atoms with Crippen LogP contribution in [0.3, 0.4) is 0 Å². The van der Waals surface area contributed by atoms with Gasteiger partial charge in [-0.3, -0.25) is 0 Å². The van der Waals surface area contributed by atoms with Gasteiger partial charge < -0.3 is 0 Å². The first kappa shape index (κ1) is 24.0. The number of allylic oxidation sites excluding steroid dienone is 1. The normalized spacial score (nSPS) is 23.1. The van der Waals surface area contributed by atoms with Crippen LogP contribution in [0.2, 0.25) is 0 Å². The van der Waals surface area contributed by atoms with Gasteiger partial charge in [-0.05, 0) is 55.5 Å². The number of hydrogen-bond acceptors (Lipinski definition) is 0. The molecule has 0 atom stereocenters. The Hall–Kier alpha value is 0.992. The summed E-state index contributed by atoms with van der Waals surface area (Å²) in [6, 6.07) is 0. The quantitative estimate of drug-likeness (QED) is 0.216. The summed E-state index contributed by atoms with van der Waals surface area (Å²) in [5.74, 6) is 0. The second-order valence-electron chi connectivity index (χ2n) is 7.89. The molecule has 150 valence electrons. The Morgan fingerprint density at radius 3 is 1.16 bits per heavy atom. The van der Waals surface area contributed by atoms with Gasteiger partial charge in [0.1, 0.15) is 0 Å². The molecular weight excluding hydrogens is 437 g/mol. The number of hydrogen-bond donors (Lipinski definition) is 0. The summed E-state index contributed by atoms with van der Waals surface area (Å²) >= 11 is 2.22. The second kappa shape index (κ2) is 16.0. The molecule has 3 aliphatic carbocycles. The summed E-state index contributed by atoms with van der Waals surface area (Å²) in [7, 11) is 4.87. The van der Waals surface area contributed by atoms with Crippen molar-refractivity contribution in [2.75, 3.05) is 0 Å². The van der Waals surface area contributed by atoms with Crippen molar-refractivity contribution in [1.29, 1.82) is 0 Å². The molecule has 25 heavy (non-hydrogen) atoms. The molecule has 0 aromatic rings. The van der Waals surface area contributed by atoms with Crippen LogP contribution in [0.1, 0.15) is 103 Å². The Bertz CT molecular complexity index is 262. The van der Waals surface area contributed by atoms with Gasteiger partial charge in [0.05, 0.1) is 0 Å². The zero-order valence-electron chi connectivity index (χ0n) is 16.3. The maximum atomic E-state index is 4.49. The van der Waals surface area contributed by atoms with Crippen LogP contribution in [0.4, 0.5) is 0 Å². The predicted octanol–water partition coefficient (Wildman–Crippen LogP) is 8.55. The SMILES string of the molecule is C1CCC(P(C2CCCCC2)C2CCCCC2)CC1.C=C[CH-]C.[Cl][Pd+]. The van der Waals surface area contributed by atoms with Crippen LogP contribution in [-0.4, -0.2) is 17.0 Å². The molecule has 0 nitrogen and oxygen atoms in total. The van der Waals surface area contributed by atoms with Crippen molar-refractivity contribution in [3.8, 4) is 0 Å². The fourth-order valence-corrected chi connectivity index (χ4v) is 9.71. The number of rotatable bonds is 4. The van der Waals surface area contributed by atoms with E-state index in [1.54, 1.807) is 83.1 Å². The molecule has 3 saturated carbocycles. The van der Waals surface area contributed by atoms with Gasteiger partial charge in [0, 0.05) is 0 Å². The summed E-state index contributed by atoms with van der Waals surface area (Å²) in [5, 5.41) is 0. The van der Waals surface area contributed by atoms with E-state index >= 15 is 0 Å². The van der Waals surface area contributed by atoms with Crippen LogP contribution >= 0.6 is 17.5 Å². The molecule has 0 aromatic heterocycles. The molecule has 0 aromatic carbocycles. The summed E-state index contributed by atoms with van der Waals surface area (Å²) in [6.45, 7) is 5.36. The van der Waals surface area contributed by atoms with Crippen LogP contribution in [0.5, 0.6) is 0 Å². The van der Waals surface area contributed by atoms with Crippen molar-refractivity contribution in [3.05, 3.63) is 19.1 Å². The van der Waals surface area contributed by atoms with Gasteiger partial charge in [0.25, 0.3) is 0 Å². The van der Waals surface area contributed by atoms with E-state index in [0.29, 0.717) is 7.92 Å². The van der Waals surface area contributed by atoms with Crippen molar-refractivity contribution < 1.29 is 18.2 Å². The molecule has 0 heterocycles. The van der Waals surface area contributed by atoms with Crippen molar-refractivity contribution >= 4 is 17.5 Å². The monoisotopic (exact) mass is 476 g/mol. The van der Waals surface area contributed by atoms with Gasteiger partial charge in [0.2, 0.25) is 0 Å². The first-order chi connectivity index (χ1) is 12.4. The van der Waals surface area contributed by atoms with Crippen molar-refractivity contribution in [3.63, 3.8) is 0 Å². The minimum atomic E-state index is 0.385. The van der Waals surface area contributed by atoms with Gasteiger partial charge in [0.15, 0.2) is 0 Å². The zero-order valence-corrected chi connectivity index (χ0v) is 19.5. The molecule has 0 bridgehead atoms. The summed E-state index contributed by atoms with van der Waals surface area (Å²) in [4.78, 5) is 0. The third-order valence-electron chi connectivity index (χ3n) is 6.22. The van der Waals surface area contributed by atoms with Crippen LogP contribution in [0, 0.1) is 6.42 Å². The molecular formula is C22H40ClPPd. The Balaban J connectivity index is 0.000000461. The van der Waals surface area contributed by atoms with Crippen molar-refractivity contribution in [1.82, 2.24) is 0 Å². The van der Waals surface area contributed by atoms with Crippen molar-refractivity contribution in [2.24, 2.45) is 0 Å². The Kier molecular flexibility index (Phi) is 15.4. The molecule has 3 aliphatic rings. The second-order valence-corrected chi connectivity index (χ2v) is 11.0. The molecule has 0 amide bonds. The zero-order chi connectivity index (χ0) is 18.3. The van der Waals surface area contributed by atoms with Gasteiger partial charge in [-0.25, -0.2) is 19.1 Å². The van der Waals surface area contributed by atoms with Crippen LogP contribution < -0.4 is 0 Å². The standard InChI is InChI=1S/C18H33P.C4H7.ClH.Pd/c1-4-10-16(11-5-1)19(17-12-6-2-7-13-17)18-14-8-3-9-15-18;1-3-4-2;;/h16-18H,1-15H2;3-4H,1H2,2H3;1H;/q;-1;;+2/p-1. The van der Waals surface area contributed by atoms with E-state index in [1.165, 1.54) is 36.2 Å². The fraction of sp³-hybridized carbons (Fsp3) is 0.864. The van der Waals surface area contributed by atoms with Crippen molar-refractivity contribution in [2.45, 2.75) is 120 Å². The fourth-order valence-electron chi connectivity index (χ4n) is 5.03. The molecule has 0 aliphatic heterocycles. The van der Waals surface area contributed by atoms with Crippen LogP contribution in [0.15, 0.2) is 12.7 Å². The Morgan fingerprint density at radius 1 is 0.720 bits per heavy atom. The average Bonchev–Trinajstić information content (AvgIpc) is 2.72. The molecule has 0 N–H and O–H groups in total. The third kappa shape index (κ3) is 9.15. The van der Waals surface area contributed by atoms with E-state index in [9.17, 15) is 0 Å². The summed E-state index contributed by atoms with van der Waals surface area (Å²) < 4.78 is 0. The molecule has 3 rings (SSSR count). The molecule has 0 unspecified atom stereocenters. The predicted molar refractivity (Wildman–Crippen MR) is 114 cm³/mol. The molecule has 3 heteroatoms. The first-order valence-corrected chi connectivity index (χ1v) is 14.2. The van der Waals surface area contributed by atoms with E-state index in [4.69, 9.17) is 0 Å². The van der Waals surface area contributed by atoms with E-state index < -0.39 is 0 Å². The molecule has 0 saturated heterocycles. The molecule has 3 fully saturated rings.